The molecule has 0 saturated carbocycles. The first-order chi connectivity index (χ1) is 10.5. The van der Waals surface area contributed by atoms with Gasteiger partial charge in [0.05, 0.1) is 10.5 Å². The van der Waals surface area contributed by atoms with E-state index in [0.29, 0.717) is 5.56 Å². The van der Waals surface area contributed by atoms with Crippen LogP contribution in [0, 0.1) is 13.7 Å². The van der Waals surface area contributed by atoms with Crippen LogP contribution in [0.15, 0.2) is 48.5 Å². The maximum absolute atomic E-state index is 12.0. The molecule has 112 valence electrons. The molecule has 0 aliphatic carbocycles. The van der Waals surface area contributed by atoms with Crippen LogP contribution in [0.1, 0.15) is 20.7 Å². The van der Waals surface area contributed by atoms with Gasteiger partial charge in [-0.25, -0.2) is 0 Å². The Morgan fingerprint density at radius 1 is 0.909 bits per heavy atom. The Balaban J connectivity index is 2.09. The smallest absolute Gasteiger partial charge is 0.267 e. The van der Waals surface area contributed by atoms with E-state index in [1.54, 1.807) is 24.3 Å². The van der Waals surface area contributed by atoms with Crippen molar-refractivity contribution in [3.63, 3.8) is 0 Å². The standard InChI is InChI=1S/C14H10IN3O4/c15-11-7-3-1-5-9(11)13(19)16-17-14(20)10-6-2-4-8-12(10)18(21)22/h1-8H,(H,16,19)(H,17,20). The molecule has 0 spiro atoms. The van der Waals surface area contributed by atoms with E-state index in [-0.39, 0.29) is 11.3 Å². The topological polar surface area (TPSA) is 101 Å². The largest absolute Gasteiger partial charge is 0.282 e. The van der Waals surface area contributed by atoms with E-state index in [1.165, 1.54) is 24.3 Å². The van der Waals surface area contributed by atoms with E-state index in [1.807, 2.05) is 22.6 Å². The Morgan fingerprint density at radius 2 is 1.41 bits per heavy atom. The van der Waals surface area contributed by atoms with Crippen molar-refractivity contribution in [2.75, 3.05) is 0 Å². The minimum atomic E-state index is -0.758. The predicted molar refractivity (Wildman–Crippen MR) is 87.2 cm³/mol. The summed E-state index contributed by atoms with van der Waals surface area (Å²) in [5.74, 6) is -1.26. The molecule has 0 atom stereocenters. The van der Waals surface area contributed by atoms with Gasteiger partial charge in [-0.1, -0.05) is 24.3 Å². The summed E-state index contributed by atoms with van der Waals surface area (Å²) in [5, 5.41) is 10.9. The number of amides is 2. The molecule has 0 radical (unpaired) electrons. The highest BCUT2D eigenvalue weighted by Gasteiger charge is 2.19. The highest BCUT2D eigenvalue weighted by molar-refractivity contribution is 14.1. The highest BCUT2D eigenvalue weighted by atomic mass is 127. The molecule has 0 aliphatic rings. The molecular formula is C14H10IN3O4. The molecule has 22 heavy (non-hydrogen) atoms. The van der Waals surface area contributed by atoms with Gasteiger partial charge in [0.25, 0.3) is 17.5 Å². The lowest BCUT2D eigenvalue weighted by Gasteiger charge is -2.08. The summed E-state index contributed by atoms with van der Waals surface area (Å²) in [6, 6.07) is 12.3. The van der Waals surface area contributed by atoms with Crippen LogP contribution in [0.2, 0.25) is 0 Å². The molecular weight excluding hydrogens is 401 g/mol. The fourth-order valence-electron chi connectivity index (χ4n) is 1.72. The monoisotopic (exact) mass is 411 g/mol. The van der Waals surface area contributed by atoms with Crippen LogP contribution in [0.5, 0.6) is 0 Å². The van der Waals surface area contributed by atoms with Crippen LogP contribution in [0.4, 0.5) is 5.69 Å². The molecule has 2 N–H and O–H groups in total. The van der Waals surface area contributed by atoms with Crippen LogP contribution in [-0.4, -0.2) is 16.7 Å². The van der Waals surface area contributed by atoms with Crippen LogP contribution in [0.3, 0.4) is 0 Å². The summed E-state index contributed by atoms with van der Waals surface area (Å²) >= 11 is 2.00. The van der Waals surface area contributed by atoms with Crippen molar-refractivity contribution in [3.8, 4) is 0 Å². The van der Waals surface area contributed by atoms with E-state index >= 15 is 0 Å². The zero-order valence-electron chi connectivity index (χ0n) is 11.1. The summed E-state index contributed by atoms with van der Waals surface area (Å²) in [5.41, 5.74) is 4.35. The summed E-state index contributed by atoms with van der Waals surface area (Å²) in [4.78, 5) is 34.1. The minimum Gasteiger partial charge on any atom is -0.267 e. The molecule has 0 saturated heterocycles. The van der Waals surface area contributed by atoms with Crippen molar-refractivity contribution in [1.29, 1.82) is 0 Å². The molecule has 8 heteroatoms. The van der Waals surface area contributed by atoms with Crippen molar-refractivity contribution >= 4 is 40.1 Å². The predicted octanol–water partition coefficient (Wildman–Crippen LogP) is 2.27. The van der Waals surface area contributed by atoms with Crippen molar-refractivity contribution in [2.45, 2.75) is 0 Å². The number of hydrogen-bond donors (Lipinski definition) is 2. The summed E-state index contributed by atoms with van der Waals surface area (Å²) in [6.45, 7) is 0. The number of halogens is 1. The number of carbonyl (C=O) groups is 2. The first kappa shape index (κ1) is 15.9. The Labute approximate surface area is 139 Å². The van der Waals surface area contributed by atoms with Crippen LogP contribution in [-0.2, 0) is 0 Å². The fraction of sp³-hybridized carbons (Fsp3) is 0. The maximum atomic E-state index is 12.0. The summed E-state index contributed by atoms with van der Waals surface area (Å²) in [6.07, 6.45) is 0. The Morgan fingerprint density at radius 3 is 2.00 bits per heavy atom. The van der Waals surface area contributed by atoms with Crippen LogP contribution >= 0.6 is 22.6 Å². The lowest BCUT2D eigenvalue weighted by molar-refractivity contribution is -0.385. The number of rotatable bonds is 3. The quantitative estimate of drug-likeness (QED) is 0.460. The maximum Gasteiger partial charge on any atom is 0.282 e. The molecule has 2 amide bonds. The number of para-hydroxylation sites is 1. The van der Waals surface area contributed by atoms with E-state index in [0.717, 1.165) is 3.57 Å². The highest BCUT2D eigenvalue weighted by Crippen LogP contribution is 2.17. The Kier molecular flexibility index (Phi) is 5.04. The Hall–Kier alpha value is -2.49. The second-order valence-corrected chi connectivity index (χ2v) is 5.32. The third-order valence-corrected chi connectivity index (χ3v) is 3.69. The SMILES string of the molecule is O=C(NNC(=O)c1ccccc1[N+](=O)[O-])c1ccccc1I. The number of nitrogens with zero attached hydrogens (tertiary/aromatic N) is 1. The molecule has 0 unspecified atom stereocenters. The number of hydrogen-bond acceptors (Lipinski definition) is 4. The summed E-state index contributed by atoms with van der Waals surface area (Å²) < 4.78 is 0.720. The van der Waals surface area contributed by atoms with Crippen LogP contribution in [0.25, 0.3) is 0 Å². The van der Waals surface area contributed by atoms with Gasteiger partial charge >= 0.3 is 0 Å². The number of nitrogens with one attached hydrogen (secondary N) is 2. The average molecular weight is 411 g/mol. The van der Waals surface area contributed by atoms with Crippen molar-refractivity contribution < 1.29 is 14.5 Å². The van der Waals surface area contributed by atoms with Gasteiger partial charge in [-0.3, -0.25) is 30.6 Å². The molecule has 2 rings (SSSR count). The van der Waals surface area contributed by atoms with Crippen molar-refractivity contribution in [3.05, 3.63) is 73.3 Å². The van der Waals surface area contributed by atoms with Gasteiger partial charge in [0, 0.05) is 9.64 Å². The van der Waals surface area contributed by atoms with Crippen molar-refractivity contribution in [2.24, 2.45) is 0 Å². The molecule has 0 fully saturated rings. The van der Waals surface area contributed by atoms with Crippen LogP contribution < -0.4 is 10.9 Å². The molecule has 0 aliphatic heterocycles. The minimum absolute atomic E-state index is 0.129. The van der Waals surface area contributed by atoms with Gasteiger partial charge in [0.2, 0.25) is 0 Å². The molecule has 0 heterocycles. The third-order valence-electron chi connectivity index (χ3n) is 2.75. The molecule has 0 bridgehead atoms. The lowest BCUT2D eigenvalue weighted by Crippen LogP contribution is -2.42. The molecule has 0 aromatic heterocycles. The zero-order chi connectivity index (χ0) is 16.1. The average Bonchev–Trinajstić information content (AvgIpc) is 2.52. The number of nitro groups is 1. The van der Waals surface area contributed by atoms with E-state index in [9.17, 15) is 19.7 Å². The second-order valence-electron chi connectivity index (χ2n) is 4.16. The van der Waals surface area contributed by atoms with Gasteiger partial charge in [-0.05, 0) is 40.8 Å². The van der Waals surface area contributed by atoms with Gasteiger partial charge < -0.3 is 0 Å². The van der Waals surface area contributed by atoms with Gasteiger partial charge in [0.15, 0.2) is 0 Å². The normalized spacial score (nSPS) is 9.86. The number of hydrazine groups is 1. The van der Waals surface area contributed by atoms with E-state index in [4.69, 9.17) is 0 Å². The number of carbonyl (C=O) groups excluding carboxylic acids is 2. The van der Waals surface area contributed by atoms with Gasteiger partial charge in [0.1, 0.15) is 5.56 Å². The van der Waals surface area contributed by atoms with E-state index < -0.39 is 16.7 Å². The Bertz CT molecular complexity index is 748. The first-order valence-corrected chi connectivity index (χ1v) is 7.17. The third kappa shape index (κ3) is 3.58. The fourth-order valence-corrected chi connectivity index (χ4v) is 2.35. The molecule has 2 aromatic rings. The lowest BCUT2D eigenvalue weighted by atomic mass is 10.2. The molecule has 7 nitrogen and oxygen atoms in total. The van der Waals surface area contributed by atoms with Gasteiger partial charge in [-0.2, -0.15) is 0 Å². The van der Waals surface area contributed by atoms with Crippen molar-refractivity contribution in [1.82, 2.24) is 10.9 Å². The second kappa shape index (κ2) is 6.98. The molecule has 2 aromatic carbocycles. The zero-order valence-corrected chi connectivity index (χ0v) is 13.2. The first-order valence-electron chi connectivity index (χ1n) is 6.09. The number of nitro benzene ring substituents is 1. The van der Waals surface area contributed by atoms with E-state index in [2.05, 4.69) is 10.9 Å². The van der Waals surface area contributed by atoms with Gasteiger partial charge in [-0.15, -0.1) is 0 Å². The summed E-state index contributed by atoms with van der Waals surface area (Å²) in [7, 11) is 0. The number of benzene rings is 2.